The zero-order chi connectivity index (χ0) is 17.7. The van der Waals surface area contributed by atoms with Crippen LogP contribution < -0.4 is 10.8 Å². The number of halogens is 4. The summed E-state index contributed by atoms with van der Waals surface area (Å²) in [4.78, 5) is 16.6. The number of carbonyl (C=O) groups is 1. The molecule has 9 heteroatoms. The molecule has 0 atom stereocenters. The van der Waals surface area contributed by atoms with Gasteiger partial charge in [-0.25, -0.2) is 18.7 Å². The van der Waals surface area contributed by atoms with E-state index in [1.54, 1.807) is 0 Å². The van der Waals surface area contributed by atoms with Gasteiger partial charge in [-0.3, -0.25) is 9.63 Å². The molecule has 0 saturated carbocycles. The smallest absolute Gasteiger partial charge is 0.277 e. The molecule has 2 rings (SSSR count). The quantitative estimate of drug-likeness (QED) is 0.510. The summed E-state index contributed by atoms with van der Waals surface area (Å²) >= 11 is 3.10. The van der Waals surface area contributed by atoms with E-state index in [9.17, 15) is 18.0 Å². The van der Waals surface area contributed by atoms with Crippen LogP contribution in [0.2, 0.25) is 0 Å². The molecule has 0 bridgehead atoms. The summed E-state index contributed by atoms with van der Waals surface area (Å²) in [5.74, 6) is -3.99. The number of nitrogens with one attached hydrogen (secondary N) is 2. The van der Waals surface area contributed by atoms with Crippen molar-refractivity contribution in [1.82, 2.24) is 5.48 Å². The lowest BCUT2D eigenvalue weighted by Gasteiger charge is -2.13. The van der Waals surface area contributed by atoms with E-state index >= 15 is 0 Å². The molecule has 24 heavy (non-hydrogen) atoms. The van der Waals surface area contributed by atoms with Crippen LogP contribution in [0.5, 0.6) is 0 Å². The Labute approximate surface area is 143 Å². The molecule has 3 N–H and O–H groups in total. The number of anilines is 2. The van der Waals surface area contributed by atoms with E-state index in [0.717, 1.165) is 6.07 Å². The molecule has 0 radical (unpaired) electrons. The molecule has 0 aliphatic rings. The van der Waals surface area contributed by atoms with Crippen LogP contribution in [0.1, 0.15) is 10.4 Å². The molecule has 2 aromatic carbocycles. The number of hydrogen-bond acceptors (Lipinski definition) is 4. The summed E-state index contributed by atoms with van der Waals surface area (Å²) in [5, 5.41) is 11.1. The Morgan fingerprint density at radius 3 is 2.46 bits per heavy atom. The lowest BCUT2D eigenvalue weighted by molar-refractivity contribution is 0.0168. The van der Waals surface area contributed by atoms with E-state index in [-0.39, 0.29) is 30.2 Å². The van der Waals surface area contributed by atoms with Gasteiger partial charge in [0.1, 0.15) is 5.82 Å². The van der Waals surface area contributed by atoms with Crippen molar-refractivity contribution in [3.8, 4) is 0 Å². The molecular weight excluding hydrogens is 393 g/mol. The molecule has 0 fully saturated rings. The second kappa shape index (κ2) is 8.13. The Hall–Kier alpha value is -2.10. The van der Waals surface area contributed by atoms with Crippen LogP contribution in [-0.2, 0) is 4.84 Å². The largest absolute Gasteiger partial charge is 0.394 e. The summed E-state index contributed by atoms with van der Waals surface area (Å²) in [7, 11) is 0. The zero-order valence-electron chi connectivity index (χ0n) is 12.1. The highest BCUT2D eigenvalue weighted by molar-refractivity contribution is 9.10. The van der Waals surface area contributed by atoms with Crippen molar-refractivity contribution in [2.24, 2.45) is 0 Å². The maximum Gasteiger partial charge on any atom is 0.277 e. The van der Waals surface area contributed by atoms with Gasteiger partial charge >= 0.3 is 0 Å². The summed E-state index contributed by atoms with van der Waals surface area (Å²) in [6.07, 6.45) is 0. The number of aliphatic hydroxyl groups is 1. The van der Waals surface area contributed by atoms with Crippen molar-refractivity contribution < 1.29 is 27.9 Å². The Kier molecular flexibility index (Phi) is 6.18. The second-order valence-electron chi connectivity index (χ2n) is 4.56. The van der Waals surface area contributed by atoms with Crippen LogP contribution in [0.4, 0.5) is 24.5 Å². The summed E-state index contributed by atoms with van der Waals surface area (Å²) in [5.41, 5.74) is 1.48. The Morgan fingerprint density at radius 2 is 1.79 bits per heavy atom. The van der Waals surface area contributed by atoms with Gasteiger partial charge in [-0.15, -0.1) is 0 Å². The minimum Gasteiger partial charge on any atom is -0.394 e. The second-order valence-corrected chi connectivity index (χ2v) is 5.48. The minimum atomic E-state index is -1.25. The molecule has 128 valence electrons. The number of amides is 1. The third-order valence-corrected chi connectivity index (χ3v) is 3.36. The van der Waals surface area contributed by atoms with Crippen LogP contribution in [0.3, 0.4) is 0 Å². The van der Waals surface area contributed by atoms with Crippen LogP contribution in [0.25, 0.3) is 0 Å². The third-order valence-electron chi connectivity index (χ3n) is 2.86. The lowest BCUT2D eigenvalue weighted by Crippen LogP contribution is -2.26. The molecule has 1 amide bonds. The van der Waals surface area contributed by atoms with Crippen molar-refractivity contribution in [2.75, 3.05) is 18.5 Å². The number of aliphatic hydroxyl groups excluding tert-OH is 1. The van der Waals surface area contributed by atoms with Crippen molar-refractivity contribution in [1.29, 1.82) is 0 Å². The fourth-order valence-corrected chi connectivity index (χ4v) is 2.12. The summed E-state index contributed by atoms with van der Waals surface area (Å²) in [6, 6.07) is 5.47. The molecule has 2 aromatic rings. The first kappa shape index (κ1) is 18.2. The lowest BCUT2D eigenvalue weighted by atomic mass is 10.1. The molecule has 0 aromatic heterocycles. The highest BCUT2D eigenvalue weighted by Gasteiger charge is 2.17. The molecule has 0 saturated heterocycles. The first-order valence-electron chi connectivity index (χ1n) is 6.66. The minimum absolute atomic E-state index is 0.0328. The van der Waals surface area contributed by atoms with Crippen LogP contribution in [-0.4, -0.2) is 24.2 Å². The van der Waals surface area contributed by atoms with Gasteiger partial charge in [-0.05, 0) is 24.3 Å². The van der Waals surface area contributed by atoms with Gasteiger partial charge < -0.3 is 10.4 Å². The van der Waals surface area contributed by atoms with E-state index in [2.05, 4.69) is 26.1 Å². The first-order chi connectivity index (χ1) is 11.4. The van der Waals surface area contributed by atoms with E-state index in [0.29, 0.717) is 10.5 Å². The van der Waals surface area contributed by atoms with Gasteiger partial charge in [0.25, 0.3) is 5.91 Å². The standard InChI is InChI=1S/C15H12BrF3N2O3/c16-8-1-2-13(12(19)5-8)20-14-7-11(18)10(17)6-9(14)15(23)21-24-4-3-22/h1-2,5-7,20,22H,3-4H2,(H,21,23). The van der Waals surface area contributed by atoms with Crippen LogP contribution in [0.15, 0.2) is 34.8 Å². The third kappa shape index (κ3) is 4.47. The number of carbonyl (C=O) groups excluding carboxylic acids is 1. The van der Waals surface area contributed by atoms with Gasteiger partial charge in [0, 0.05) is 10.5 Å². The average Bonchev–Trinajstić information content (AvgIpc) is 2.53. The van der Waals surface area contributed by atoms with E-state index in [1.807, 2.05) is 5.48 Å². The molecule has 0 spiro atoms. The Morgan fingerprint density at radius 1 is 1.08 bits per heavy atom. The highest BCUT2D eigenvalue weighted by Crippen LogP contribution is 2.27. The van der Waals surface area contributed by atoms with Crippen molar-refractivity contribution >= 4 is 33.2 Å². The molecule has 0 heterocycles. The summed E-state index contributed by atoms with van der Waals surface area (Å²) < 4.78 is 41.3. The number of rotatable bonds is 6. The fourth-order valence-electron chi connectivity index (χ4n) is 1.79. The Bertz CT molecular complexity index is 759. The number of hydroxylamine groups is 1. The predicted octanol–water partition coefficient (Wildman–Crippen LogP) is 3.26. The van der Waals surface area contributed by atoms with Gasteiger partial charge in [0.05, 0.1) is 30.2 Å². The van der Waals surface area contributed by atoms with Crippen molar-refractivity contribution in [3.63, 3.8) is 0 Å². The SMILES string of the molecule is O=C(NOCCO)c1cc(F)c(F)cc1Nc1ccc(Br)cc1F. The zero-order valence-corrected chi connectivity index (χ0v) is 13.7. The van der Waals surface area contributed by atoms with Crippen LogP contribution >= 0.6 is 15.9 Å². The maximum absolute atomic E-state index is 13.9. The predicted molar refractivity (Wildman–Crippen MR) is 84.2 cm³/mol. The number of benzene rings is 2. The molecule has 0 aliphatic carbocycles. The fraction of sp³-hybridized carbons (Fsp3) is 0.133. The van der Waals surface area contributed by atoms with Gasteiger partial charge in [-0.2, -0.15) is 0 Å². The Balaban J connectivity index is 2.33. The first-order valence-corrected chi connectivity index (χ1v) is 7.45. The number of hydrogen-bond donors (Lipinski definition) is 3. The summed E-state index contributed by atoms with van der Waals surface area (Å²) in [6.45, 7) is -0.521. The normalized spacial score (nSPS) is 10.5. The average molecular weight is 405 g/mol. The van der Waals surface area contributed by atoms with Crippen molar-refractivity contribution in [3.05, 3.63) is 57.8 Å². The van der Waals surface area contributed by atoms with Crippen molar-refractivity contribution in [2.45, 2.75) is 0 Å². The van der Waals surface area contributed by atoms with E-state index in [4.69, 9.17) is 5.11 Å². The molecule has 0 aliphatic heterocycles. The molecule has 5 nitrogen and oxygen atoms in total. The molecule has 0 unspecified atom stereocenters. The highest BCUT2D eigenvalue weighted by atomic mass is 79.9. The molecular formula is C15H12BrF3N2O3. The van der Waals surface area contributed by atoms with Gasteiger partial charge in [-0.1, -0.05) is 15.9 Å². The van der Waals surface area contributed by atoms with Gasteiger partial charge in [0.15, 0.2) is 11.6 Å². The topological polar surface area (TPSA) is 70.6 Å². The van der Waals surface area contributed by atoms with Crippen LogP contribution in [0, 0.1) is 17.5 Å². The van der Waals surface area contributed by atoms with E-state index in [1.165, 1.54) is 18.2 Å². The van der Waals surface area contributed by atoms with Gasteiger partial charge in [0.2, 0.25) is 0 Å². The maximum atomic E-state index is 13.9. The van der Waals surface area contributed by atoms with E-state index < -0.39 is 23.4 Å². The monoisotopic (exact) mass is 404 g/mol.